The molecule has 0 saturated carbocycles. The predicted octanol–water partition coefficient (Wildman–Crippen LogP) is 4.91. The molecule has 2 aromatic rings. The van der Waals surface area contributed by atoms with Crippen molar-refractivity contribution in [3.63, 3.8) is 0 Å². The van der Waals surface area contributed by atoms with Gasteiger partial charge in [0.05, 0.1) is 0 Å². The molecule has 0 saturated heterocycles. The first-order valence-corrected chi connectivity index (χ1v) is 10.6. The third-order valence-corrected chi connectivity index (χ3v) is 5.43. The minimum atomic E-state index is -0.551. The van der Waals surface area contributed by atoms with Crippen molar-refractivity contribution in [2.45, 2.75) is 65.6 Å². The maximum absolute atomic E-state index is 13.1. The van der Waals surface area contributed by atoms with Gasteiger partial charge >= 0.3 is 0 Å². The van der Waals surface area contributed by atoms with Crippen LogP contribution in [0, 0.1) is 6.92 Å². The lowest BCUT2D eigenvalue weighted by Gasteiger charge is -2.30. The molecule has 0 fully saturated rings. The Hall–Kier alpha value is -2.33. The van der Waals surface area contributed by atoms with Gasteiger partial charge in [0.25, 0.3) is 0 Å². The van der Waals surface area contributed by atoms with Crippen LogP contribution in [-0.4, -0.2) is 28.8 Å². The zero-order valence-electron chi connectivity index (χ0n) is 17.7. The third kappa shape index (κ3) is 7.21. The minimum Gasteiger partial charge on any atom is -0.352 e. The molecule has 0 aliphatic rings. The number of aryl methyl sites for hydroxylation is 2. The van der Waals surface area contributed by atoms with Crippen molar-refractivity contribution in [3.05, 3.63) is 70.2 Å². The number of hydrogen-bond acceptors (Lipinski definition) is 2. The quantitative estimate of drug-likeness (QED) is 0.633. The molecule has 0 aliphatic heterocycles. The molecule has 0 radical (unpaired) electrons. The summed E-state index contributed by atoms with van der Waals surface area (Å²) in [5, 5.41) is 3.63. The summed E-state index contributed by atoms with van der Waals surface area (Å²) < 4.78 is 0. The van der Waals surface area contributed by atoms with Gasteiger partial charge in [-0.3, -0.25) is 9.59 Å². The summed E-state index contributed by atoms with van der Waals surface area (Å²) >= 11 is 5.98. The molecule has 2 rings (SSSR count). The Morgan fingerprint density at radius 1 is 1.00 bits per heavy atom. The van der Waals surface area contributed by atoms with E-state index in [-0.39, 0.29) is 17.9 Å². The highest BCUT2D eigenvalue weighted by Gasteiger charge is 2.26. The number of carbonyl (C=O) groups excluding carboxylic acids is 2. The van der Waals surface area contributed by atoms with Crippen molar-refractivity contribution >= 4 is 23.4 Å². The summed E-state index contributed by atoms with van der Waals surface area (Å²) in [5.41, 5.74) is 3.26. The molecule has 4 nitrogen and oxygen atoms in total. The SMILES string of the molecule is CC[C@@H](C)NC(=O)[C@@H](C)N(Cc1ccc(Cl)cc1)C(=O)CCc1ccc(C)cc1. The molecule has 2 aromatic carbocycles. The molecular weight excluding hydrogens is 384 g/mol. The molecule has 0 bridgehead atoms. The van der Waals surface area contributed by atoms with Crippen LogP contribution in [0.25, 0.3) is 0 Å². The van der Waals surface area contributed by atoms with Crippen molar-refractivity contribution in [2.24, 2.45) is 0 Å². The molecule has 0 aromatic heterocycles. The van der Waals surface area contributed by atoms with E-state index in [0.29, 0.717) is 24.4 Å². The second-order valence-electron chi connectivity index (χ2n) is 7.63. The molecule has 5 heteroatoms. The summed E-state index contributed by atoms with van der Waals surface area (Å²) in [6.45, 7) is 8.19. The lowest BCUT2D eigenvalue weighted by Crippen LogP contribution is -2.49. The van der Waals surface area contributed by atoms with E-state index in [0.717, 1.165) is 17.5 Å². The van der Waals surface area contributed by atoms with E-state index >= 15 is 0 Å². The largest absolute Gasteiger partial charge is 0.352 e. The lowest BCUT2D eigenvalue weighted by atomic mass is 10.1. The molecule has 0 spiro atoms. The molecule has 156 valence electrons. The van der Waals surface area contributed by atoms with Crippen LogP contribution in [-0.2, 0) is 22.6 Å². The second kappa shape index (κ2) is 11.0. The molecule has 1 N–H and O–H groups in total. The highest BCUT2D eigenvalue weighted by Crippen LogP contribution is 2.16. The van der Waals surface area contributed by atoms with Crippen LogP contribution in [0.4, 0.5) is 0 Å². The Kier molecular flexibility index (Phi) is 8.71. The first kappa shape index (κ1) is 23.0. The molecule has 2 atom stereocenters. The van der Waals surface area contributed by atoms with E-state index in [1.54, 1.807) is 24.0 Å². The molecule has 0 unspecified atom stereocenters. The fraction of sp³-hybridized carbons (Fsp3) is 0.417. The number of rotatable bonds is 9. The number of halogens is 1. The van der Waals surface area contributed by atoms with Crippen LogP contribution in [0.2, 0.25) is 5.02 Å². The van der Waals surface area contributed by atoms with Gasteiger partial charge in [0, 0.05) is 24.0 Å². The normalized spacial score (nSPS) is 12.9. The molecular formula is C24H31ClN2O2. The second-order valence-corrected chi connectivity index (χ2v) is 8.06. The van der Waals surface area contributed by atoms with Crippen LogP contribution >= 0.6 is 11.6 Å². The van der Waals surface area contributed by atoms with Gasteiger partial charge in [-0.25, -0.2) is 0 Å². The van der Waals surface area contributed by atoms with Crippen LogP contribution < -0.4 is 5.32 Å². The summed E-state index contributed by atoms with van der Waals surface area (Å²) in [4.78, 5) is 27.4. The van der Waals surface area contributed by atoms with Gasteiger partial charge < -0.3 is 10.2 Å². The van der Waals surface area contributed by atoms with E-state index < -0.39 is 6.04 Å². The van der Waals surface area contributed by atoms with Gasteiger partial charge in [0.15, 0.2) is 0 Å². The minimum absolute atomic E-state index is 0.0349. The maximum Gasteiger partial charge on any atom is 0.242 e. The summed E-state index contributed by atoms with van der Waals surface area (Å²) in [6, 6.07) is 15.1. The summed E-state index contributed by atoms with van der Waals surface area (Å²) in [6.07, 6.45) is 1.85. The van der Waals surface area contributed by atoms with Crippen molar-refractivity contribution in [2.75, 3.05) is 0 Å². The number of amides is 2. The highest BCUT2D eigenvalue weighted by molar-refractivity contribution is 6.30. The van der Waals surface area contributed by atoms with Crippen LogP contribution in [0.3, 0.4) is 0 Å². The van der Waals surface area contributed by atoms with Gasteiger partial charge in [0.1, 0.15) is 6.04 Å². The first-order chi connectivity index (χ1) is 13.8. The van der Waals surface area contributed by atoms with E-state index in [9.17, 15) is 9.59 Å². The number of nitrogens with one attached hydrogen (secondary N) is 1. The molecule has 29 heavy (non-hydrogen) atoms. The molecule has 2 amide bonds. The first-order valence-electron chi connectivity index (χ1n) is 10.2. The lowest BCUT2D eigenvalue weighted by molar-refractivity contribution is -0.140. The highest BCUT2D eigenvalue weighted by atomic mass is 35.5. The standard InChI is InChI=1S/C24H31ClN2O2/c1-5-18(3)26-24(29)19(4)27(16-21-10-13-22(25)14-11-21)23(28)15-12-20-8-6-17(2)7-9-20/h6-11,13-14,18-19H,5,12,15-16H2,1-4H3,(H,26,29)/t18-,19-/m1/s1. The maximum atomic E-state index is 13.1. The zero-order valence-corrected chi connectivity index (χ0v) is 18.5. The Bertz CT molecular complexity index is 803. The summed E-state index contributed by atoms with van der Waals surface area (Å²) in [5.74, 6) is -0.163. The van der Waals surface area contributed by atoms with Gasteiger partial charge in [-0.15, -0.1) is 0 Å². The number of nitrogens with zero attached hydrogens (tertiary/aromatic N) is 1. The number of carbonyl (C=O) groups is 2. The van der Waals surface area contributed by atoms with Gasteiger partial charge in [-0.1, -0.05) is 60.5 Å². The molecule has 0 heterocycles. The summed E-state index contributed by atoms with van der Waals surface area (Å²) in [7, 11) is 0. The Balaban J connectivity index is 2.13. The van der Waals surface area contributed by atoms with Crippen LogP contribution in [0.15, 0.2) is 48.5 Å². The van der Waals surface area contributed by atoms with Crippen molar-refractivity contribution in [1.29, 1.82) is 0 Å². The topological polar surface area (TPSA) is 49.4 Å². The Morgan fingerprint density at radius 2 is 1.59 bits per heavy atom. The van der Waals surface area contributed by atoms with E-state index in [4.69, 9.17) is 11.6 Å². The average Bonchev–Trinajstić information content (AvgIpc) is 2.72. The van der Waals surface area contributed by atoms with E-state index in [1.807, 2.05) is 57.2 Å². The predicted molar refractivity (Wildman–Crippen MR) is 119 cm³/mol. The van der Waals surface area contributed by atoms with Crippen molar-refractivity contribution in [1.82, 2.24) is 10.2 Å². The van der Waals surface area contributed by atoms with Gasteiger partial charge in [0.2, 0.25) is 11.8 Å². The van der Waals surface area contributed by atoms with E-state index in [2.05, 4.69) is 5.32 Å². The van der Waals surface area contributed by atoms with Crippen molar-refractivity contribution < 1.29 is 9.59 Å². The van der Waals surface area contributed by atoms with E-state index in [1.165, 1.54) is 5.56 Å². The fourth-order valence-electron chi connectivity index (χ4n) is 2.98. The van der Waals surface area contributed by atoms with Crippen LogP contribution in [0.1, 0.15) is 50.3 Å². The fourth-order valence-corrected chi connectivity index (χ4v) is 3.11. The van der Waals surface area contributed by atoms with Crippen LogP contribution in [0.5, 0.6) is 0 Å². The monoisotopic (exact) mass is 414 g/mol. The Labute approximate surface area is 179 Å². The van der Waals surface area contributed by atoms with Gasteiger partial charge in [-0.05, 0) is 56.9 Å². The smallest absolute Gasteiger partial charge is 0.242 e. The Morgan fingerprint density at radius 3 is 2.17 bits per heavy atom. The number of benzene rings is 2. The van der Waals surface area contributed by atoms with Gasteiger partial charge in [-0.2, -0.15) is 0 Å². The average molecular weight is 415 g/mol. The third-order valence-electron chi connectivity index (χ3n) is 5.18. The van der Waals surface area contributed by atoms with Crippen molar-refractivity contribution in [3.8, 4) is 0 Å². The number of hydrogen-bond donors (Lipinski definition) is 1. The zero-order chi connectivity index (χ0) is 21.4. The molecule has 0 aliphatic carbocycles.